The molecular weight excluding hydrogens is 318 g/mol. The Hall–Kier alpha value is -2.41. The van der Waals surface area contributed by atoms with E-state index in [-0.39, 0.29) is 5.97 Å². The summed E-state index contributed by atoms with van der Waals surface area (Å²) in [6.07, 6.45) is 0. The van der Waals surface area contributed by atoms with Crippen LogP contribution in [0, 0.1) is 0 Å². The van der Waals surface area contributed by atoms with Crippen LogP contribution in [0.5, 0.6) is 0 Å². The van der Waals surface area contributed by atoms with Gasteiger partial charge in [0.25, 0.3) is 0 Å². The number of nitrogens with zero attached hydrogens (tertiary/aromatic N) is 6. The van der Waals surface area contributed by atoms with Gasteiger partial charge in [-0.2, -0.15) is 0 Å². The van der Waals surface area contributed by atoms with Gasteiger partial charge in [0, 0.05) is 10.2 Å². The number of carbonyl (C=O) groups is 1. The maximum absolute atomic E-state index is 11.3. The highest BCUT2D eigenvalue weighted by Crippen LogP contribution is 2.19. The third-order valence-electron chi connectivity index (χ3n) is 1.51. The van der Waals surface area contributed by atoms with Gasteiger partial charge in [0.2, 0.25) is 0 Å². The predicted molar refractivity (Wildman–Crippen MR) is 74.7 cm³/mol. The second-order valence-corrected chi connectivity index (χ2v) is 3.55. The number of ether oxygens (including phenoxy) is 1. The fourth-order valence-electron chi connectivity index (χ4n) is 0.914. The Kier molecular flexibility index (Phi) is 12.0. The molecule has 0 bridgehead atoms. The van der Waals surface area contributed by atoms with Crippen LogP contribution in [0.1, 0.15) is 17.3 Å². The number of anilines is 1. The molecular formula is C9H10BrN7O2-2. The standard InChI is InChI=1S/C9H10BrNO2.2N3/c1-2-13-9(12)7-5-6(10)3-4-8(7)11;2*1-3-2/h3-5H,2,11H2,1H3;;/q;2*-1. The molecule has 0 saturated carbocycles. The minimum atomic E-state index is -0.388. The average molecular weight is 328 g/mol. The van der Waals surface area contributed by atoms with Gasteiger partial charge in [0.05, 0.1) is 12.2 Å². The Bertz CT molecular complexity index is 467. The Morgan fingerprint density at radius 1 is 1.32 bits per heavy atom. The van der Waals surface area contributed by atoms with Crippen LogP contribution in [-0.2, 0) is 4.74 Å². The van der Waals surface area contributed by atoms with Gasteiger partial charge in [-0.1, -0.05) is 15.9 Å². The smallest absolute Gasteiger partial charge is 0.340 e. The summed E-state index contributed by atoms with van der Waals surface area (Å²) in [5.41, 5.74) is 33.4. The van der Waals surface area contributed by atoms with Gasteiger partial charge < -0.3 is 32.6 Å². The zero-order valence-corrected chi connectivity index (χ0v) is 11.5. The van der Waals surface area contributed by atoms with Gasteiger partial charge in [-0.25, -0.2) is 4.79 Å². The van der Waals surface area contributed by atoms with Crippen LogP contribution in [0.2, 0.25) is 0 Å². The van der Waals surface area contributed by atoms with E-state index in [0.717, 1.165) is 4.47 Å². The van der Waals surface area contributed by atoms with Crippen molar-refractivity contribution in [2.45, 2.75) is 6.92 Å². The molecule has 0 radical (unpaired) electrons. The molecule has 0 heterocycles. The molecule has 1 aromatic rings. The molecule has 1 aromatic carbocycles. The zero-order valence-electron chi connectivity index (χ0n) is 9.89. The molecule has 9 nitrogen and oxygen atoms in total. The number of nitrogens with two attached hydrogens (primary N) is 1. The van der Waals surface area contributed by atoms with E-state index in [0.29, 0.717) is 17.9 Å². The monoisotopic (exact) mass is 327 g/mol. The first-order valence-corrected chi connectivity index (χ1v) is 5.46. The van der Waals surface area contributed by atoms with Gasteiger partial charge in [-0.05, 0) is 25.1 Å². The number of benzene rings is 1. The Labute approximate surface area is 117 Å². The second-order valence-electron chi connectivity index (χ2n) is 2.63. The average Bonchev–Trinajstić information content (AvgIpc) is 2.34. The summed E-state index contributed by atoms with van der Waals surface area (Å²) < 4.78 is 5.63. The fourth-order valence-corrected chi connectivity index (χ4v) is 1.28. The number of halogens is 1. The molecule has 10 heteroatoms. The topological polar surface area (TPSA) is 170 Å². The summed E-state index contributed by atoms with van der Waals surface area (Å²) in [7, 11) is 0. The Balaban J connectivity index is 0. The fraction of sp³-hybridized carbons (Fsp3) is 0.222. The van der Waals surface area contributed by atoms with Gasteiger partial charge in [0.1, 0.15) is 0 Å². The molecule has 0 spiro atoms. The molecule has 0 amide bonds. The zero-order chi connectivity index (χ0) is 15.3. The lowest BCUT2D eigenvalue weighted by Gasteiger charge is -2.04. The van der Waals surface area contributed by atoms with E-state index in [9.17, 15) is 4.79 Å². The first-order chi connectivity index (χ1) is 8.98. The summed E-state index contributed by atoms with van der Waals surface area (Å²) in [5, 5.41) is 0. The van der Waals surface area contributed by atoms with Gasteiger partial charge in [0.15, 0.2) is 0 Å². The third kappa shape index (κ3) is 9.31. The normalized spacial score (nSPS) is 7.47. The molecule has 0 aliphatic rings. The lowest BCUT2D eigenvalue weighted by molar-refractivity contribution is 0.0527. The molecule has 102 valence electrons. The molecule has 19 heavy (non-hydrogen) atoms. The van der Waals surface area contributed by atoms with Crippen molar-refractivity contribution in [1.29, 1.82) is 0 Å². The summed E-state index contributed by atoms with van der Waals surface area (Å²) in [4.78, 5) is 14.3. The first-order valence-electron chi connectivity index (χ1n) is 4.67. The van der Waals surface area contributed by atoms with Crippen LogP contribution < -0.4 is 5.73 Å². The van der Waals surface area contributed by atoms with E-state index in [2.05, 4.69) is 15.9 Å². The van der Waals surface area contributed by atoms with E-state index < -0.39 is 0 Å². The van der Waals surface area contributed by atoms with Crippen molar-refractivity contribution in [3.05, 3.63) is 60.2 Å². The van der Waals surface area contributed by atoms with Crippen molar-refractivity contribution < 1.29 is 9.53 Å². The van der Waals surface area contributed by atoms with E-state index in [1.54, 1.807) is 25.1 Å². The highest BCUT2D eigenvalue weighted by molar-refractivity contribution is 9.10. The highest BCUT2D eigenvalue weighted by atomic mass is 79.9. The molecule has 2 N–H and O–H groups in total. The van der Waals surface area contributed by atoms with E-state index >= 15 is 0 Å². The lowest BCUT2D eigenvalue weighted by atomic mass is 10.2. The third-order valence-corrected chi connectivity index (χ3v) is 2.00. The second kappa shape index (κ2) is 12.1. The minimum absolute atomic E-state index is 0.352. The molecule has 1 rings (SSSR count). The molecule has 0 fully saturated rings. The van der Waals surface area contributed by atoms with E-state index in [1.807, 2.05) is 0 Å². The van der Waals surface area contributed by atoms with E-state index in [4.69, 9.17) is 32.6 Å². The SMILES string of the molecule is CCOC(=O)c1cc(Br)ccc1N.[N-]=[N+]=[N-].[N-]=[N+]=[N-]. The molecule has 0 atom stereocenters. The molecule has 0 aromatic heterocycles. The van der Waals surface area contributed by atoms with Crippen molar-refractivity contribution >= 4 is 27.6 Å². The maximum atomic E-state index is 11.3. The van der Waals surface area contributed by atoms with Crippen molar-refractivity contribution in [2.24, 2.45) is 0 Å². The molecule has 0 saturated heterocycles. The maximum Gasteiger partial charge on any atom is 0.340 e. The Morgan fingerprint density at radius 3 is 2.21 bits per heavy atom. The summed E-state index contributed by atoms with van der Waals surface area (Å²) in [6, 6.07) is 5.09. The van der Waals surface area contributed by atoms with Gasteiger partial charge >= 0.3 is 5.97 Å². The van der Waals surface area contributed by atoms with Crippen molar-refractivity contribution in [3.63, 3.8) is 0 Å². The molecule has 0 unspecified atom stereocenters. The van der Waals surface area contributed by atoms with Crippen molar-refractivity contribution in [3.8, 4) is 0 Å². The van der Waals surface area contributed by atoms with Crippen LogP contribution in [0.3, 0.4) is 0 Å². The number of esters is 1. The van der Waals surface area contributed by atoms with Crippen LogP contribution in [0.15, 0.2) is 22.7 Å². The molecule has 0 aliphatic carbocycles. The van der Waals surface area contributed by atoms with Gasteiger partial charge in [-0.3, -0.25) is 9.82 Å². The largest absolute Gasteiger partial charge is 0.462 e. The summed E-state index contributed by atoms with van der Waals surface area (Å²) in [5.74, 6) is -0.388. The Morgan fingerprint density at radius 2 is 1.79 bits per heavy atom. The van der Waals surface area contributed by atoms with Gasteiger partial charge in [-0.15, -0.1) is 0 Å². The highest BCUT2D eigenvalue weighted by Gasteiger charge is 2.10. The number of rotatable bonds is 2. The number of hydrogen-bond donors (Lipinski definition) is 1. The van der Waals surface area contributed by atoms with Crippen LogP contribution in [0.25, 0.3) is 31.9 Å². The minimum Gasteiger partial charge on any atom is -0.462 e. The van der Waals surface area contributed by atoms with Crippen molar-refractivity contribution in [1.82, 2.24) is 0 Å². The first kappa shape index (κ1) is 18.9. The number of nitrogen functional groups attached to an aromatic ring is 1. The summed E-state index contributed by atoms with van der Waals surface area (Å²) >= 11 is 3.25. The number of carbonyl (C=O) groups excluding carboxylic acids is 1. The molecule has 0 aliphatic heterocycles. The predicted octanol–water partition coefficient (Wildman–Crippen LogP) is 3.94. The van der Waals surface area contributed by atoms with Crippen LogP contribution in [0.4, 0.5) is 5.69 Å². The summed E-state index contributed by atoms with van der Waals surface area (Å²) in [6.45, 7) is 2.11. The quantitative estimate of drug-likeness (QED) is 0.285. The number of hydrogen-bond acceptors (Lipinski definition) is 3. The van der Waals surface area contributed by atoms with Crippen molar-refractivity contribution in [2.75, 3.05) is 12.3 Å². The lowest BCUT2D eigenvalue weighted by Crippen LogP contribution is -2.07. The van der Waals surface area contributed by atoms with Crippen LogP contribution in [-0.4, -0.2) is 12.6 Å². The van der Waals surface area contributed by atoms with E-state index in [1.165, 1.54) is 9.82 Å². The van der Waals surface area contributed by atoms with Crippen LogP contribution >= 0.6 is 15.9 Å².